The fourth-order valence-electron chi connectivity index (χ4n) is 1.72. The second kappa shape index (κ2) is 5.12. The Morgan fingerprint density at radius 1 is 1.56 bits per heavy atom. The maximum absolute atomic E-state index is 11.4. The summed E-state index contributed by atoms with van der Waals surface area (Å²) in [6, 6.07) is 0. The Hall–Kier alpha value is -1.36. The molecule has 1 aromatic heterocycles. The number of ether oxygens (including phenoxy) is 2. The maximum atomic E-state index is 11.4. The average molecular weight is 225 g/mol. The summed E-state index contributed by atoms with van der Waals surface area (Å²) in [4.78, 5) is 15.5. The molecule has 1 aromatic rings. The number of hydrogen-bond acceptors (Lipinski definition) is 5. The molecular weight excluding hydrogens is 210 g/mol. The zero-order chi connectivity index (χ0) is 11.4. The largest absolute Gasteiger partial charge is 0.460 e. The van der Waals surface area contributed by atoms with Gasteiger partial charge >= 0.3 is 5.97 Å². The number of carbonyl (C=O) groups is 1. The van der Waals surface area contributed by atoms with Gasteiger partial charge in [0.2, 0.25) is 5.76 Å². The highest BCUT2D eigenvalue weighted by Crippen LogP contribution is 2.26. The molecule has 0 atom stereocenters. The number of hydrogen-bond donors (Lipinski definition) is 0. The summed E-state index contributed by atoms with van der Waals surface area (Å²) in [6.45, 7) is 3.55. The Kier molecular flexibility index (Phi) is 3.56. The molecule has 0 amide bonds. The van der Waals surface area contributed by atoms with E-state index < -0.39 is 5.97 Å². The third-order valence-electron chi connectivity index (χ3n) is 2.57. The van der Waals surface area contributed by atoms with Crippen molar-refractivity contribution < 1.29 is 18.7 Å². The van der Waals surface area contributed by atoms with Crippen LogP contribution in [0.25, 0.3) is 0 Å². The van der Waals surface area contributed by atoms with Gasteiger partial charge in [0.15, 0.2) is 5.89 Å². The van der Waals surface area contributed by atoms with E-state index in [9.17, 15) is 4.79 Å². The Bertz CT molecular complexity index is 355. The second-order valence-corrected chi connectivity index (χ2v) is 3.67. The number of oxazole rings is 1. The van der Waals surface area contributed by atoms with E-state index >= 15 is 0 Å². The molecule has 0 unspecified atom stereocenters. The van der Waals surface area contributed by atoms with Gasteiger partial charge in [0.05, 0.1) is 12.8 Å². The standard InChI is InChI=1S/C11H15NO4/c1-2-15-11(13)9-7-12-10(16-9)8-3-5-14-6-4-8/h7-8H,2-6H2,1H3. The van der Waals surface area contributed by atoms with Crippen LogP contribution in [0.5, 0.6) is 0 Å². The molecular formula is C11H15NO4. The molecule has 2 rings (SSSR count). The van der Waals surface area contributed by atoms with E-state index in [4.69, 9.17) is 13.9 Å². The first-order chi connectivity index (χ1) is 7.81. The van der Waals surface area contributed by atoms with Crippen LogP contribution in [0.3, 0.4) is 0 Å². The first-order valence-electron chi connectivity index (χ1n) is 5.52. The quantitative estimate of drug-likeness (QED) is 0.733. The number of carbonyl (C=O) groups excluding carboxylic acids is 1. The van der Waals surface area contributed by atoms with Crippen LogP contribution in [0.4, 0.5) is 0 Å². The smallest absolute Gasteiger partial charge is 0.375 e. The monoisotopic (exact) mass is 225 g/mol. The third-order valence-corrected chi connectivity index (χ3v) is 2.57. The highest BCUT2D eigenvalue weighted by molar-refractivity contribution is 5.85. The van der Waals surface area contributed by atoms with Crippen molar-refractivity contribution in [3.05, 3.63) is 17.8 Å². The maximum Gasteiger partial charge on any atom is 0.375 e. The Balaban J connectivity index is 2.03. The number of rotatable bonds is 3. The van der Waals surface area contributed by atoms with Crippen LogP contribution in [0.2, 0.25) is 0 Å². The molecule has 0 aliphatic carbocycles. The molecule has 5 nitrogen and oxygen atoms in total. The Labute approximate surface area is 93.7 Å². The minimum absolute atomic E-state index is 0.184. The molecule has 5 heteroatoms. The molecule has 1 aliphatic heterocycles. The van der Waals surface area contributed by atoms with Crippen molar-refractivity contribution in [1.82, 2.24) is 4.98 Å². The Morgan fingerprint density at radius 3 is 3.00 bits per heavy atom. The Morgan fingerprint density at radius 2 is 2.31 bits per heavy atom. The molecule has 2 heterocycles. The summed E-state index contributed by atoms with van der Waals surface area (Å²) >= 11 is 0. The number of esters is 1. The van der Waals surface area contributed by atoms with Crippen LogP contribution in [-0.2, 0) is 9.47 Å². The van der Waals surface area contributed by atoms with Gasteiger partial charge in [0.1, 0.15) is 0 Å². The van der Waals surface area contributed by atoms with Crippen LogP contribution < -0.4 is 0 Å². The topological polar surface area (TPSA) is 61.6 Å². The molecule has 1 fully saturated rings. The predicted octanol–water partition coefficient (Wildman–Crippen LogP) is 1.75. The van der Waals surface area contributed by atoms with Gasteiger partial charge in [-0.2, -0.15) is 0 Å². The van der Waals surface area contributed by atoms with Gasteiger partial charge in [0, 0.05) is 19.1 Å². The van der Waals surface area contributed by atoms with Gasteiger partial charge in [-0.05, 0) is 19.8 Å². The van der Waals surface area contributed by atoms with E-state index in [1.54, 1.807) is 6.92 Å². The molecule has 0 spiro atoms. The molecule has 88 valence electrons. The highest BCUT2D eigenvalue weighted by Gasteiger charge is 2.22. The minimum atomic E-state index is -0.451. The molecule has 1 aliphatic rings. The molecule has 1 saturated heterocycles. The van der Waals surface area contributed by atoms with E-state index in [1.165, 1.54) is 6.20 Å². The molecule has 0 bridgehead atoms. The van der Waals surface area contributed by atoms with Gasteiger partial charge in [-0.15, -0.1) is 0 Å². The summed E-state index contributed by atoms with van der Waals surface area (Å²) in [5, 5.41) is 0. The fraction of sp³-hybridized carbons (Fsp3) is 0.636. The van der Waals surface area contributed by atoms with E-state index in [0.717, 1.165) is 26.1 Å². The fourth-order valence-corrected chi connectivity index (χ4v) is 1.72. The van der Waals surface area contributed by atoms with Gasteiger partial charge in [-0.25, -0.2) is 9.78 Å². The predicted molar refractivity (Wildman–Crippen MR) is 55.3 cm³/mol. The van der Waals surface area contributed by atoms with Gasteiger partial charge in [-0.3, -0.25) is 0 Å². The SMILES string of the molecule is CCOC(=O)c1cnc(C2CCOCC2)o1. The summed E-state index contributed by atoms with van der Waals surface area (Å²) in [5.74, 6) is 0.611. The van der Waals surface area contributed by atoms with Crippen LogP contribution in [0, 0.1) is 0 Å². The summed E-state index contributed by atoms with van der Waals surface area (Å²) in [5.41, 5.74) is 0. The lowest BCUT2D eigenvalue weighted by atomic mass is 10.0. The second-order valence-electron chi connectivity index (χ2n) is 3.67. The molecule has 0 saturated carbocycles. The summed E-state index contributed by atoms with van der Waals surface area (Å²) < 4.78 is 15.5. The van der Waals surface area contributed by atoms with Crippen molar-refractivity contribution in [1.29, 1.82) is 0 Å². The highest BCUT2D eigenvalue weighted by atomic mass is 16.5. The van der Waals surface area contributed by atoms with Crippen molar-refractivity contribution in [3.8, 4) is 0 Å². The third kappa shape index (κ3) is 2.41. The lowest BCUT2D eigenvalue weighted by molar-refractivity contribution is 0.0481. The van der Waals surface area contributed by atoms with Crippen molar-refractivity contribution >= 4 is 5.97 Å². The zero-order valence-corrected chi connectivity index (χ0v) is 9.27. The first-order valence-corrected chi connectivity index (χ1v) is 5.52. The average Bonchev–Trinajstić information content (AvgIpc) is 2.80. The number of aromatic nitrogens is 1. The lowest BCUT2D eigenvalue weighted by Crippen LogP contribution is -2.14. The van der Waals surface area contributed by atoms with Crippen molar-refractivity contribution in [3.63, 3.8) is 0 Å². The molecule has 16 heavy (non-hydrogen) atoms. The van der Waals surface area contributed by atoms with Gasteiger partial charge in [0.25, 0.3) is 0 Å². The van der Waals surface area contributed by atoms with Gasteiger partial charge in [-0.1, -0.05) is 0 Å². The normalized spacial score (nSPS) is 17.3. The molecule has 0 N–H and O–H groups in total. The van der Waals surface area contributed by atoms with Crippen LogP contribution >= 0.6 is 0 Å². The van der Waals surface area contributed by atoms with E-state index in [-0.39, 0.29) is 11.7 Å². The van der Waals surface area contributed by atoms with E-state index in [2.05, 4.69) is 4.98 Å². The van der Waals surface area contributed by atoms with E-state index in [1.807, 2.05) is 0 Å². The van der Waals surface area contributed by atoms with E-state index in [0.29, 0.717) is 12.5 Å². The molecule has 0 aromatic carbocycles. The van der Waals surface area contributed by atoms with Crippen molar-refractivity contribution in [2.75, 3.05) is 19.8 Å². The van der Waals surface area contributed by atoms with Gasteiger partial charge < -0.3 is 13.9 Å². The minimum Gasteiger partial charge on any atom is -0.460 e. The van der Waals surface area contributed by atoms with Crippen LogP contribution in [0.1, 0.15) is 42.1 Å². The summed E-state index contributed by atoms with van der Waals surface area (Å²) in [7, 11) is 0. The van der Waals surface area contributed by atoms with Crippen molar-refractivity contribution in [2.45, 2.75) is 25.7 Å². The number of nitrogens with zero attached hydrogens (tertiary/aromatic N) is 1. The van der Waals surface area contributed by atoms with Crippen LogP contribution in [0.15, 0.2) is 10.6 Å². The molecule has 0 radical (unpaired) electrons. The van der Waals surface area contributed by atoms with Crippen LogP contribution in [-0.4, -0.2) is 30.8 Å². The summed E-state index contributed by atoms with van der Waals surface area (Å²) in [6.07, 6.45) is 3.22. The zero-order valence-electron chi connectivity index (χ0n) is 9.27. The lowest BCUT2D eigenvalue weighted by Gasteiger charge is -2.18. The first kappa shape index (κ1) is 11.1. The van der Waals surface area contributed by atoms with Crippen molar-refractivity contribution in [2.24, 2.45) is 0 Å².